The Kier molecular flexibility index (Phi) is 6.03. The Morgan fingerprint density at radius 3 is 2.48 bits per heavy atom. The summed E-state index contributed by atoms with van der Waals surface area (Å²) in [5.41, 5.74) is 1.34. The van der Waals surface area contributed by atoms with E-state index >= 15 is 0 Å². The Balaban J connectivity index is 1.19. The Morgan fingerprint density at radius 1 is 0.909 bits per heavy atom. The minimum atomic E-state index is -3.59. The van der Waals surface area contributed by atoms with Gasteiger partial charge < -0.3 is 14.2 Å². The molecule has 2 saturated heterocycles. The van der Waals surface area contributed by atoms with Crippen LogP contribution in [0.3, 0.4) is 0 Å². The molecule has 2 N–H and O–H groups in total. The zero-order chi connectivity index (χ0) is 22.8. The molecule has 5 rings (SSSR count). The quantitative estimate of drug-likeness (QED) is 0.577. The average Bonchev–Trinajstić information content (AvgIpc) is 3.37. The average molecular weight is 469 g/mol. The summed E-state index contributed by atoms with van der Waals surface area (Å²) in [6.07, 6.45) is -2.30. The second kappa shape index (κ2) is 9.11. The third kappa shape index (κ3) is 4.86. The molecule has 9 heteroatoms. The minimum Gasteiger partial charge on any atom is -0.441 e. The fraction of sp³-hybridized carbons (Fsp3) is 0.292. The summed E-state index contributed by atoms with van der Waals surface area (Å²) >= 11 is 0. The molecule has 0 bridgehead atoms. The molecule has 1 amide bonds. The number of ether oxygens (including phenoxy) is 3. The van der Waals surface area contributed by atoms with E-state index in [0.29, 0.717) is 11.3 Å². The number of anilines is 1. The summed E-state index contributed by atoms with van der Waals surface area (Å²) < 4.78 is 45.0. The van der Waals surface area contributed by atoms with E-state index in [1.165, 1.54) is 0 Å². The molecule has 0 aromatic heterocycles. The number of hydrogen-bond acceptors (Lipinski definition) is 6. The fourth-order valence-electron chi connectivity index (χ4n) is 4.34. The number of hydrogen-bond donors (Lipinski definition) is 2. The monoisotopic (exact) mass is 468 g/mol. The van der Waals surface area contributed by atoms with Gasteiger partial charge in [-0.25, -0.2) is 17.9 Å². The number of carbonyl (C=O) groups excluding carboxylic acids is 1. The first kappa shape index (κ1) is 21.8. The van der Waals surface area contributed by atoms with Gasteiger partial charge in [-0.05, 0) is 17.0 Å². The molecule has 172 valence electrons. The van der Waals surface area contributed by atoms with Crippen LogP contribution < -0.4 is 10.0 Å². The van der Waals surface area contributed by atoms with Gasteiger partial charge >= 0.3 is 6.09 Å². The molecule has 8 nitrogen and oxygen atoms in total. The Morgan fingerprint density at radius 2 is 1.64 bits per heavy atom. The van der Waals surface area contributed by atoms with Crippen LogP contribution in [0.15, 0.2) is 72.8 Å². The van der Waals surface area contributed by atoms with Crippen LogP contribution in [-0.2, 0) is 30.0 Å². The number of nitrogens with one attached hydrogen (secondary N) is 2. The second-order valence-corrected chi connectivity index (χ2v) is 9.91. The maximum absolute atomic E-state index is 12.6. The molecule has 0 saturated carbocycles. The molecule has 33 heavy (non-hydrogen) atoms. The molecule has 2 aliphatic heterocycles. The van der Waals surface area contributed by atoms with Gasteiger partial charge in [-0.15, -0.1) is 0 Å². The topological polar surface area (TPSA) is 103 Å². The minimum absolute atomic E-state index is 0.130. The summed E-state index contributed by atoms with van der Waals surface area (Å²) in [7, 11) is -3.59. The van der Waals surface area contributed by atoms with Crippen LogP contribution in [0.2, 0.25) is 0 Å². The van der Waals surface area contributed by atoms with Crippen molar-refractivity contribution in [3.8, 4) is 0 Å². The first-order valence-corrected chi connectivity index (χ1v) is 12.4. The van der Waals surface area contributed by atoms with Gasteiger partial charge in [0.1, 0.15) is 12.2 Å². The summed E-state index contributed by atoms with van der Waals surface area (Å²) in [4.78, 5) is 12.6. The van der Waals surface area contributed by atoms with Crippen LogP contribution in [0.1, 0.15) is 5.56 Å². The van der Waals surface area contributed by atoms with Crippen LogP contribution in [-0.4, -0.2) is 52.1 Å². The van der Waals surface area contributed by atoms with Crippen molar-refractivity contribution in [2.75, 3.05) is 18.5 Å². The van der Waals surface area contributed by atoms with E-state index in [1.807, 2.05) is 42.5 Å². The lowest BCUT2D eigenvalue weighted by molar-refractivity contribution is 0.00884. The highest BCUT2D eigenvalue weighted by Crippen LogP contribution is 2.30. The summed E-state index contributed by atoms with van der Waals surface area (Å²) in [5, 5.41) is 4.69. The van der Waals surface area contributed by atoms with E-state index in [-0.39, 0.29) is 19.0 Å². The number of amides is 1. The van der Waals surface area contributed by atoms with Crippen molar-refractivity contribution >= 4 is 32.6 Å². The molecule has 0 unspecified atom stereocenters. The third-order valence-electron chi connectivity index (χ3n) is 5.82. The highest BCUT2D eigenvalue weighted by molar-refractivity contribution is 7.88. The van der Waals surface area contributed by atoms with E-state index in [4.69, 9.17) is 14.2 Å². The molecule has 0 spiro atoms. The summed E-state index contributed by atoms with van der Waals surface area (Å²) in [6, 6.07) is 21.8. The second-order valence-electron chi connectivity index (χ2n) is 8.16. The molecule has 2 fully saturated rings. The summed E-state index contributed by atoms with van der Waals surface area (Å²) in [5.74, 6) is -0.130. The molecule has 0 aliphatic carbocycles. The van der Waals surface area contributed by atoms with Crippen molar-refractivity contribution in [1.29, 1.82) is 0 Å². The van der Waals surface area contributed by atoms with Gasteiger partial charge in [0.25, 0.3) is 0 Å². The van der Waals surface area contributed by atoms with Crippen LogP contribution in [0, 0.1) is 0 Å². The van der Waals surface area contributed by atoms with Crippen LogP contribution in [0.25, 0.3) is 10.8 Å². The van der Waals surface area contributed by atoms with Crippen molar-refractivity contribution in [3.05, 3.63) is 78.4 Å². The maximum atomic E-state index is 12.6. The lowest BCUT2D eigenvalue weighted by Gasteiger charge is -2.18. The van der Waals surface area contributed by atoms with Crippen molar-refractivity contribution in [1.82, 2.24) is 4.72 Å². The Labute approximate surface area is 191 Å². The largest absolute Gasteiger partial charge is 0.441 e. The van der Waals surface area contributed by atoms with Gasteiger partial charge in [-0.2, -0.15) is 0 Å². The number of fused-ring (bicyclic) bond motifs is 2. The fourth-order valence-corrected chi connectivity index (χ4v) is 5.72. The van der Waals surface area contributed by atoms with Gasteiger partial charge in [0.2, 0.25) is 10.0 Å². The van der Waals surface area contributed by atoms with E-state index in [1.54, 1.807) is 30.3 Å². The third-order valence-corrected chi connectivity index (χ3v) is 7.20. The van der Waals surface area contributed by atoms with Crippen LogP contribution in [0.4, 0.5) is 10.5 Å². The first-order valence-electron chi connectivity index (χ1n) is 10.7. The van der Waals surface area contributed by atoms with E-state index < -0.39 is 40.5 Å². The van der Waals surface area contributed by atoms with Gasteiger partial charge in [0.05, 0.1) is 30.7 Å². The predicted molar refractivity (Wildman–Crippen MR) is 123 cm³/mol. The molecule has 3 aromatic rings. The molecule has 2 heterocycles. The van der Waals surface area contributed by atoms with E-state index in [0.717, 1.165) is 10.8 Å². The molecular formula is C24H24N2O6S. The van der Waals surface area contributed by atoms with Gasteiger partial charge in [0, 0.05) is 5.39 Å². The molecule has 4 atom stereocenters. The highest BCUT2D eigenvalue weighted by atomic mass is 32.2. The van der Waals surface area contributed by atoms with Gasteiger partial charge in [-0.1, -0.05) is 66.7 Å². The molecule has 0 radical (unpaired) electrons. The van der Waals surface area contributed by atoms with Crippen LogP contribution in [0.5, 0.6) is 0 Å². The highest BCUT2D eigenvalue weighted by Gasteiger charge is 2.50. The summed E-state index contributed by atoms with van der Waals surface area (Å²) in [6.45, 7) is 0.281. The standard InChI is InChI=1S/C24H24N2O6S/c27-24(25-19-12-6-10-17-9-4-5-11-18(17)19)32-21-14-31-22-20(13-30-23(21)22)26-33(28,29)15-16-7-2-1-3-8-16/h1-12,20-23,26H,13-15H2,(H,25,27)/t20-,21+,22+,23+/m0/s1. The van der Waals surface area contributed by atoms with Crippen molar-refractivity contribution in [2.24, 2.45) is 0 Å². The lowest BCUT2D eigenvalue weighted by Crippen LogP contribution is -2.44. The molecule has 3 aromatic carbocycles. The smallest absolute Gasteiger partial charge is 0.412 e. The number of sulfonamides is 1. The number of benzene rings is 3. The van der Waals surface area contributed by atoms with Crippen molar-refractivity contribution < 1.29 is 27.4 Å². The molecular weight excluding hydrogens is 444 g/mol. The van der Waals surface area contributed by atoms with Crippen LogP contribution >= 0.6 is 0 Å². The first-order chi connectivity index (χ1) is 16.0. The normalized spacial score (nSPS) is 24.5. The van der Waals surface area contributed by atoms with Crippen molar-refractivity contribution in [2.45, 2.75) is 30.1 Å². The number of carbonyl (C=O) groups is 1. The molecule has 2 aliphatic rings. The van der Waals surface area contributed by atoms with E-state index in [9.17, 15) is 13.2 Å². The predicted octanol–water partition coefficient (Wildman–Crippen LogP) is 3.04. The maximum Gasteiger partial charge on any atom is 0.412 e. The van der Waals surface area contributed by atoms with E-state index in [2.05, 4.69) is 10.0 Å². The lowest BCUT2D eigenvalue weighted by atomic mass is 10.1. The van der Waals surface area contributed by atoms with Crippen molar-refractivity contribution in [3.63, 3.8) is 0 Å². The zero-order valence-electron chi connectivity index (χ0n) is 17.7. The van der Waals surface area contributed by atoms with Gasteiger partial charge in [-0.3, -0.25) is 5.32 Å². The Bertz CT molecular complexity index is 1240. The number of rotatable bonds is 6. The van der Waals surface area contributed by atoms with Gasteiger partial charge in [0.15, 0.2) is 6.10 Å². The zero-order valence-corrected chi connectivity index (χ0v) is 18.5. The SMILES string of the molecule is O=C(Nc1cccc2ccccc12)O[C@@H]1CO[C@H]2[C@@H]1OC[C@@H]2NS(=O)(=O)Cc1ccccc1. The Hall–Kier alpha value is -2.98.